The summed E-state index contributed by atoms with van der Waals surface area (Å²) in [5.74, 6) is 2.72. The minimum Gasteiger partial charge on any atom is -0.493 e. The van der Waals surface area contributed by atoms with E-state index in [0.717, 1.165) is 10.0 Å². The molecule has 0 saturated heterocycles. The first-order chi connectivity index (χ1) is 9.51. The van der Waals surface area contributed by atoms with Gasteiger partial charge in [-0.25, -0.2) is 0 Å². The summed E-state index contributed by atoms with van der Waals surface area (Å²) < 4.78 is 11.2. The number of carbonyl (C=O) groups is 1. The molecular formula is C14H16BrNO4. The Labute approximate surface area is 126 Å². The maximum absolute atomic E-state index is 10.8. The zero-order valence-electron chi connectivity index (χ0n) is 11.4. The number of aliphatic carboxylic acids is 1. The Bertz CT molecular complexity index is 525. The van der Waals surface area contributed by atoms with Crippen LogP contribution in [0.2, 0.25) is 0 Å². The lowest BCUT2D eigenvalue weighted by Gasteiger charge is -2.19. The maximum Gasteiger partial charge on any atom is 0.317 e. The SMILES string of the molecule is C#CCN(CC(=O)O)Cc1cc(OC)c(OC)cc1Br. The second kappa shape index (κ2) is 7.78. The predicted octanol–water partition coefficient (Wildman–Crippen LogP) is 1.99. The molecule has 0 aliphatic carbocycles. The molecule has 0 unspecified atom stereocenters. The number of halogens is 1. The Morgan fingerprint density at radius 1 is 1.40 bits per heavy atom. The highest BCUT2D eigenvalue weighted by molar-refractivity contribution is 9.10. The van der Waals surface area contributed by atoms with Crippen LogP contribution in [0.25, 0.3) is 0 Å². The zero-order valence-corrected chi connectivity index (χ0v) is 12.9. The van der Waals surface area contributed by atoms with E-state index in [2.05, 4.69) is 21.9 Å². The van der Waals surface area contributed by atoms with Gasteiger partial charge in [-0.15, -0.1) is 6.42 Å². The molecule has 0 fully saturated rings. The van der Waals surface area contributed by atoms with Crippen molar-refractivity contribution in [1.29, 1.82) is 0 Å². The van der Waals surface area contributed by atoms with Crippen molar-refractivity contribution in [3.63, 3.8) is 0 Å². The third kappa shape index (κ3) is 4.44. The first-order valence-corrected chi connectivity index (χ1v) is 6.59. The van der Waals surface area contributed by atoms with Crippen LogP contribution >= 0.6 is 15.9 Å². The van der Waals surface area contributed by atoms with Gasteiger partial charge in [-0.1, -0.05) is 21.9 Å². The average molecular weight is 342 g/mol. The third-order valence-electron chi connectivity index (χ3n) is 2.62. The summed E-state index contributed by atoms with van der Waals surface area (Å²) in [4.78, 5) is 12.5. The van der Waals surface area contributed by atoms with Gasteiger partial charge in [-0.2, -0.15) is 0 Å². The lowest BCUT2D eigenvalue weighted by molar-refractivity contribution is -0.138. The van der Waals surface area contributed by atoms with E-state index in [-0.39, 0.29) is 13.1 Å². The second-order valence-corrected chi connectivity index (χ2v) is 4.90. The molecule has 1 aromatic carbocycles. The molecule has 0 bridgehead atoms. The van der Waals surface area contributed by atoms with Gasteiger partial charge in [0.25, 0.3) is 0 Å². The molecule has 0 spiro atoms. The van der Waals surface area contributed by atoms with E-state index >= 15 is 0 Å². The highest BCUT2D eigenvalue weighted by atomic mass is 79.9. The van der Waals surface area contributed by atoms with E-state index in [9.17, 15) is 4.79 Å². The summed E-state index contributed by atoms with van der Waals surface area (Å²) in [6, 6.07) is 3.58. The van der Waals surface area contributed by atoms with Crippen molar-refractivity contribution in [3.8, 4) is 23.8 Å². The number of rotatable bonds is 7. The fraction of sp³-hybridized carbons (Fsp3) is 0.357. The van der Waals surface area contributed by atoms with E-state index in [4.69, 9.17) is 21.0 Å². The second-order valence-electron chi connectivity index (χ2n) is 4.04. The summed E-state index contributed by atoms with van der Waals surface area (Å²) in [6.07, 6.45) is 5.26. The van der Waals surface area contributed by atoms with Crippen molar-refractivity contribution < 1.29 is 19.4 Å². The molecule has 1 aromatic rings. The monoisotopic (exact) mass is 341 g/mol. The van der Waals surface area contributed by atoms with Gasteiger partial charge in [0.05, 0.1) is 27.3 Å². The van der Waals surface area contributed by atoms with Gasteiger partial charge < -0.3 is 14.6 Å². The number of benzene rings is 1. The molecule has 0 heterocycles. The van der Waals surface area contributed by atoms with Gasteiger partial charge in [-0.3, -0.25) is 9.69 Å². The Balaban J connectivity index is 3.00. The molecule has 1 rings (SSSR count). The van der Waals surface area contributed by atoms with Gasteiger partial charge in [0.1, 0.15) is 0 Å². The van der Waals surface area contributed by atoms with Crippen LogP contribution in [0, 0.1) is 12.3 Å². The van der Waals surface area contributed by atoms with Crippen molar-refractivity contribution in [3.05, 3.63) is 22.2 Å². The standard InChI is InChI=1S/C14H16BrNO4/c1-4-5-16(9-14(17)18)8-10-6-12(19-2)13(20-3)7-11(10)15/h1,6-7H,5,8-9H2,2-3H3,(H,17,18). The summed E-state index contributed by atoms with van der Waals surface area (Å²) in [5, 5.41) is 8.87. The molecule has 6 heteroatoms. The van der Waals surface area contributed by atoms with E-state index in [1.54, 1.807) is 31.3 Å². The van der Waals surface area contributed by atoms with Crippen LogP contribution in [-0.2, 0) is 11.3 Å². The van der Waals surface area contributed by atoms with Crippen molar-refractivity contribution in [2.24, 2.45) is 0 Å². The van der Waals surface area contributed by atoms with Crippen molar-refractivity contribution in [1.82, 2.24) is 4.90 Å². The van der Waals surface area contributed by atoms with Crippen LogP contribution in [0.5, 0.6) is 11.5 Å². The normalized spacial score (nSPS) is 10.2. The quantitative estimate of drug-likeness (QED) is 0.768. The lowest BCUT2D eigenvalue weighted by atomic mass is 10.2. The van der Waals surface area contributed by atoms with Crippen molar-refractivity contribution in [2.75, 3.05) is 27.3 Å². The summed E-state index contributed by atoms with van der Waals surface area (Å²) in [5.41, 5.74) is 0.874. The summed E-state index contributed by atoms with van der Waals surface area (Å²) >= 11 is 3.44. The van der Waals surface area contributed by atoms with Gasteiger partial charge in [-0.05, 0) is 17.7 Å². The van der Waals surface area contributed by atoms with Gasteiger partial charge in [0, 0.05) is 11.0 Å². The number of ether oxygens (including phenoxy) is 2. The van der Waals surface area contributed by atoms with Gasteiger partial charge in [0.2, 0.25) is 0 Å². The Morgan fingerprint density at radius 2 is 2.00 bits per heavy atom. The molecule has 0 aliphatic rings. The molecule has 0 aromatic heterocycles. The molecule has 1 N–H and O–H groups in total. The van der Waals surface area contributed by atoms with Crippen LogP contribution in [0.4, 0.5) is 0 Å². The maximum atomic E-state index is 10.8. The van der Waals surface area contributed by atoms with Crippen molar-refractivity contribution >= 4 is 21.9 Å². The topological polar surface area (TPSA) is 59.0 Å². The predicted molar refractivity (Wildman–Crippen MR) is 79.0 cm³/mol. The molecule has 0 aliphatic heterocycles. The molecule has 20 heavy (non-hydrogen) atoms. The first kappa shape index (κ1) is 16.3. The molecule has 0 saturated carbocycles. The Kier molecular flexibility index (Phi) is 6.36. The smallest absolute Gasteiger partial charge is 0.317 e. The van der Waals surface area contributed by atoms with Crippen LogP contribution in [0.15, 0.2) is 16.6 Å². The largest absolute Gasteiger partial charge is 0.493 e. The molecule has 0 atom stereocenters. The number of carboxylic acids is 1. The highest BCUT2D eigenvalue weighted by Gasteiger charge is 2.14. The number of carboxylic acid groups (broad SMARTS) is 1. The van der Waals surface area contributed by atoms with E-state index in [1.807, 2.05) is 0 Å². The Hall–Kier alpha value is -1.71. The lowest BCUT2D eigenvalue weighted by Crippen LogP contribution is -2.29. The summed E-state index contributed by atoms with van der Waals surface area (Å²) in [7, 11) is 3.10. The number of nitrogens with zero attached hydrogens (tertiary/aromatic N) is 1. The highest BCUT2D eigenvalue weighted by Crippen LogP contribution is 2.33. The number of methoxy groups -OCH3 is 2. The minimum absolute atomic E-state index is 0.120. The van der Waals surface area contributed by atoms with Gasteiger partial charge >= 0.3 is 5.97 Å². The van der Waals surface area contributed by atoms with E-state index in [1.165, 1.54) is 0 Å². The average Bonchev–Trinajstić information content (AvgIpc) is 2.40. The third-order valence-corrected chi connectivity index (χ3v) is 3.36. The van der Waals surface area contributed by atoms with Crippen LogP contribution in [0.1, 0.15) is 5.56 Å². The molecule has 0 amide bonds. The zero-order chi connectivity index (χ0) is 15.1. The van der Waals surface area contributed by atoms with Gasteiger partial charge in [0.15, 0.2) is 11.5 Å². The van der Waals surface area contributed by atoms with Crippen LogP contribution in [-0.4, -0.2) is 43.3 Å². The molecule has 0 radical (unpaired) electrons. The fourth-order valence-corrected chi connectivity index (χ4v) is 2.19. The van der Waals surface area contributed by atoms with Crippen LogP contribution < -0.4 is 9.47 Å². The Morgan fingerprint density at radius 3 is 2.50 bits per heavy atom. The first-order valence-electron chi connectivity index (χ1n) is 5.79. The molecular weight excluding hydrogens is 326 g/mol. The molecule has 108 valence electrons. The summed E-state index contributed by atoms with van der Waals surface area (Å²) in [6.45, 7) is 0.537. The fourth-order valence-electron chi connectivity index (χ4n) is 1.75. The number of hydrogen-bond acceptors (Lipinski definition) is 4. The van der Waals surface area contributed by atoms with Crippen LogP contribution in [0.3, 0.4) is 0 Å². The van der Waals surface area contributed by atoms with E-state index in [0.29, 0.717) is 18.0 Å². The number of hydrogen-bond donors (Lipinski definition) is 1. The molecule has 5 nitrogen and oxygen atoms in total. The van der Waals surface area contributed by atoms with Crippen molar-refractivity contribution in [2.45, 2.75) is 6.54 Å². The minimum atomic E-state index is -0.920. The van der Waals surface area contributed by atoms with E-state index < -0.39 is 5.97 Å². The number of terminal acetylenes is 1.